The number of carbonyl (C=O) groups is 1. The van der Waals surface area contributed by atoms with Crippen molar-refractivity contribution in [1.29, 1.82) is 0 Å². The average molecular weight is 315 g/mol. The lowest BCUT2D eigenvalue weighted by Gasteiger charge is -2.24. The van der Waals surface area contributed by atoms with Crippen LogP contribution < -0.4 is 5.32 Å². The van der Waals surface area contributed by atoms with Gasteiger partial charge in [-0.2, -0.15) is 0 Å². The lowest BCUT2D eigenvalue weighted by Crippen LogP contribution is -2.39. The first-order chi connectivity index (χ1) is 11.1. The van der Waals surface area contributed by atoms with Gasteiger partial charge in [0.1, 0.15) is 0 Å². The van der Waals surface area contributed by atoms with Gasteiger partial charge in [0.2, 0.25) is 5.91 Å². The standard InChI is InChI=1S/C19H29N3O/c1-21(2)18-13-22(12-17(18)16-8-9-16)14-19(23)20-11-10-15-6-4-3-5-7-15/h3-7,16-18H,8-14H2,1-2H3,(H,20,23). The zero-order valence-electron chi connectivity index (χ0n) is 14.4. The van der Waals surface area contributed by atoms with Crippen LogP contribution in [0.15, 0.2) is 30.3 Å². The molecule has 4 heteroatoms. The molecule has 1 aromatic carbocycles. The average Bonchev–Trinajstić information content (AvgIpc) is 3.29. The third-order valence-corrected chi connectivity index (χ3v) is 5.25. The van der Waals surface area contributed by atoms with Crippen LogP contribution in [0.1, 0.15) is 18.4 Å². The number of hydrogen-bond donors (Lipinski definition) is 1. The molecule has 2 aliphatic rings. The second-order valence-electron chi connectivity index (χ2n) is 7.31. The Bertz CT molecular complexity index is 503. The van der Waals surface area contributed by atoms with E-state index < -0.39 is 0 Å². The molecule has 2 atom stereocenters. The maximum Gasteiger partial charge on any atom is 0.234 e. The summed E-state index contributed by atoms with van der Waals surface area (Å²) in [7, 11) is 4.34. The van der Waals surface area contributed by atoms with Gasteiger partial charge < -0.3 is 10.2 Å². The molecule has 2 unspecified atom stereocenters. The summed E-state index contributed by atoms with van der Waals surface area (Å²) in [6.07, 6.45) is 3.66. The SMILES string of the molecule is CN(C)C1CN(CC(=O)NCCc2ccccc2)CC1C1CC1. The number of likely N-dealkylation sites (tertiary alicyclic amines) is 1. The van der Waals surface area contributed by atoms with E-state index in [9.17, 15) is 4.79 Å². The summed E-state index contributed by atoms with van der Waals surface area (Å²) in [4.78, 5) is 16.9. The molecule has 3 rings (SSSR count). The first kappa shape index (κ1) is 16.5. The summed E-state index contributed by atoms with van der Waals surface area (Å²) < 4.78 is 0. The molecule has 1 heterocycles. The Morgan fingerprint density at radius 3 is 2.61 bits per heavy atom. The fraction of sp³-hybridized carbons (Fsp3) is 0.632. The molecule has 1 aromatic rings. The number of amides is 1. The van der Waals surface area contributed by atoms with Gasteiger partial charge in [0.15, 0.2) is 0 Å². The normalized spacial score (nSPS) is 25.0. The Balaban J connectivity index is 1.41. The van der Waals surface area contributed by atoms with Gasteiger partial charge in [-0.15, -0.1) is 0 Å². The van der Waals surface area contributed by atoms with Crippen LogP contribution in [-0.2, 0) is 11.2 Å². The van der Waals surface area contributed by atoms with Gasteiger partial charge in [-0.3, -0.25) is 9.69 Å². The number of carbonyl (C=O) groups excluding carboxylic acids is 1. The highest BCUT2D eigenvalue weighted by Crippen LogP contribution is 2.42. The van der Waals surface area contributed by atoms with Crippen molar-refractivity contribution < 1.29 is 4.79 Å². The van der Waals surface area contributed by atoms with Gasteiger partial charge >= 0.3 is 0 Å². The van der Waals surface area contributed by atoms with Crippen molar-refractivity contribution in [2.75, 3.05) is 40.3 Å². The first-order valence-corrected chi connectivity index (χ1v) is 8.83. The second-order valence-corrected chi connectivity index (χ2v) is 7.31. The molecule has 1 saturated carbocycles. The molecule has 0 spiro atoms. The lowest BCUT2D eigenvalue weighted by molar-refractivity contribution is -0.122. The molecule has 1 amide bonds. The van der Waals surface area contributed by atoms with Crippen molar-refractivity contribution in [1.82, 2.24) is 15.1 Å². The molecule has 1 saturated heterocycles. The third kappa shape index (κ3) is 4.55. The van der Waals surface area contributed by atoms with Gasteiger partial charge in [0, 0.05) is 25.7 Å². The van der Waals surface area contributed by atoms with Crippen molar-refractivity contribution in [3.63, 3.8) is 0 Å². The Hall–Kier alpha value is -1.39. The Labute approximate surface area is 139 Å². The Morgan fingerprint density at radius 1 is 1.22 bits per heavy atom. The molecule has 126 valence electrons. The fourth-order valence-electron chi connectivity index (χ4n) is 3.81. The third-order valence-electron chi connectivity index (χ3n) is 5.25. The monoisotopic (exact) mass is 315 g/mol. The van der Waals surface area contributed by atoms with E-state index >= 15 is 0 Å². The molecule has 0 aromatic heterocycles. The maximum absolute atomic E-state index is 12.2. The predicted molar refractivity (Wildman–Crippen MR) is 93.3 cm³/mol. The Kier molecular flexibility index (Phi) is 5.34. The number of rotatable bonds is 7. The molecule has 2 fully saturated rings. The number of nitrogens with zero attached hydrogens (tertiary/aromatic N) is 2. The van der Waals surface area contributed by atoms with E-state index in [0.717, 1.165) is 37.9 Å². The summed E-state index contributed by atoms with van der Waals surface area (Å²) in [6, 6.07) is 10.9. The van der Waals surface area contributed by atoms with Crippen LogP contribution in [0.4, 0.5) is 0 Å². The van der Waals surface area contributed by atoms with E-state index in [1.54, 1.807) is 0 Å². The minimum atomic E-state index is 0.162. The summed E-state index contributed by atoms with van der Waals surface area (Å²) >= 11 is 0. The highest BCUT2D eigenvalue weighted by atomic mass is 16.2. The van der Waals surface area contributed by atoms with Crippen LogP contribution in [0.3, 0.4) is 0 Å². The minimum absolute atomic E-state index is 0.162. The van der Waals surface area contributed by atoms with Gasteiger partial charge in [-0.1, -0.05) is 30.3 Å². The molecule has 1 N–H and O–H groups in total. The highest BCUT2D eigenvalue weighted by molar-refractivity contribution is 5.78. The van der Waals surface area contributed by atoms with E-state index in [4.69, 9.17) is 0 Å². The van der Waals surface area contributed by atoms with Crippen LogP contribution in [0.5, 0.6) is 0 Å². The highest BCUT2D eigenvalue weighted by Gasteiger charge is 2.43. The van der Waals surface area contributed by atoms with Gasteiger partial charge in [-0.05, 0) is 50.8 Å². The van der Waals surface area contributed by atoms with Gasteiger partial charge in [0.05, 0.1) is 6.54 Å². The van der Waals surface area contributed by atoms with Crippen LogP contribution in [-0.4, -0.2) is 62.0 Å². The molecular weight excluding hydrogens is 286 g/mol. The van der Waals surface area contributed by atoms with E-state index in [0.29, 0.717) is 12.6 Å². The van der Waals surface area contributed by atoms with E-state index in [-0.39, 0.29) is 5.91 Å². The summed E-state index contributed by atoms with van der Waals surface area (Å²) in [5, 5.41) is 3.07. The van der Waals surface area contributed by atoms with E-state index in [1.165, 1.54) is 18.4 Å². The van der Waals surface area contributed by atoms with E-state index in [1.807, 2.05) is 18.2 Å². The number of likely N-dealkylation sites (N-methyl/N-ethyl adjacent to an activating group) is 1. The van der Waals surface area contributed by atoms with Gasteiger partial charge in [-0.25, -0.2) is 0 Å². The summed E-state index contributed by atoms with van der Waals surface area (Å²) in [5.74, 6) is 1.81. The summed E-state index contributed by atoms with van der Waals surface area (Å²) in [6.45, 7) is 3.38. The number of benzene rings is 1. The zero-order chi connectivity index (χ0) is 16.2. The largest absolute Gasteiger partial charge is 0.355 e. The molecule has 23 heavy (non-hydrogen) atoms. The maximum atomic E-state index is 12.2. The lowest BCUT2D eigenvalue weighted by atomic mass is 9.97. The Morgan fingerprint density at radius 2 is 1.96 bits per heavy atom. The van der Waals surface area contributed by atoms with Crippen molar-refractivity contribution in [2.45, 2.75) is 25.3 Å². The molecule has 1 aliphatic heterocycles. The van der Waals surface area contributed by atoms with Crippen LogP contribution >= 0.6 is 0 Å². The molecular formula is C19H29N3O. The zero-order valence-corrected chi connectivity index (χ0v) is 14.4. The molecule has 0 radical (unpaired) electrons. The van der Waals surface area contributed by atoms with Gasteiger partial charge in [0.25, 0.3) is 0 Å². The molecule has 4 nitrogen and oxygen atoms in total. The quantitative estimate of drug-likeness (QED) is 0.830. The van der Waals surface area contributed by atoms with Crippen LogP contribution in [0.25, 0.3) is 0 Å². The first-order valence-electron chi connectivity index (χ1n) is 8.83. The predicted octanol–water partition coefficient (Wildman–Crippen LogP) is 1.62. The van der Waals surface area contributed by atoms with Crippen molar-refractivity contribution in [3.8, 4) is 0 Å². The smallest absolute Gasteiger partial charge is 0.234 e. The molecule has 1 aliphatic carbocycles. The van der Waals surface area contributed by atoms with Crippen LogP contribution in [0, 0.1) is 11.8 Å². The van der Waals surface area contributed by atoms with Crippen molar-refractivity contribution >= 4 is 5.91 Å². The van der Waals surface area contributed by atoms with Crippen LogP contribution in [0.2, 0.25) is 0 Å². The second kappa shape index (κ2) is 7.45. The minimum Gasteiger partial charge on any atom is -0.355 e. The summed E-state index contributed by atoms with van der Waals surface area (Å²) in [5.41, 5.74) is 1.27. The van der Waals surface area contributed by atoms with E-state index in [2.05, 4.69) is 41.3 Å². The topological polar surface area (TPSA) is 35.6 Å². The number of nitrogens with one attached hydrogen (secondary N) is 1. The molecule has 0 bridgehead atoms. The fourth-order valence-corrected chi connectivity index (χ4v) is 3.81. The number of hydrogen-bond acceptors (Lipinski definition) is 3. The van der Waals surface area contributed by atoms with Crippen molar-refractivity contribution in [3.05, 3.63) is 35.9 Å². The van der Waals surface area contributed by atoms with Crippen molar-refractivity contribution in [2.24, 2.45) is 11.8 Å².